The lowest BCUT2D eigenvalue weighted by Crippen LogP contribution is -2.31. The second kappa shape index (κ2) is 4.47. The molecule has 1 aromatic rings. The third kappa shape index (κ3) is 2.31. The Kier molecular flexibility index (Phi) is 3.37. The molecule has 3 nitrogen and oxygen atoms in total. The van der Waals surface area contributed by atoms with Crippen LogP contribution in [0.15, 0.2) is 15.9 Å². The summed E-state index contributed by atoms with van der Waals surface area (Å²) in [5.74, 6) is -0.680. The Morgan fingerprint density at radius 2 is 2.50 bits per heavy atom. The van der Waals surface area contributed by atoms with E-state index in [9.17, 15) is 4.79 Å². The summed E-state index contributed by atoms with van der Waals surface area (Å²) in [5.41, 5.74) is -0.566. The van der Waals surface area contributed by atoms with Crippen molar-refractivity contribution in [2.75, 3.05) is 13.1 Å². The van der Waals surface area contributed by atoms with Crippen LogP contribution in [0.25, 0.3) is 0 Å². The van der Waals surface area contributed by atoms with Crippen LogP contribution in [0.2, 0.25) is 0 Å². The summed E-state index contributed by atoms with van der Waals surface area (Å²) < 4.78 is 1.13. The Hall–Kier alpha value is -0.390. The number of likely N-dealkylation sites (tertiary alicyclic amines) is 1. The first-order valence-corrected chi connectivity index (χ1v) is 6.86. The number of nitrogens with zero attached hydrogens (tertiary/aromatic N) is 1. The van der Waals surface area contributed by atoms with Crippen LogP contribution in [0.4, 0.5) is 0 Å². The van der Waals surface area contributed by atoms with E-state index in [0.29, 0.717) is 6.54 Å². The summed E-state index contributed by atoms with van der Waals surface area (Å²) in [6.45, 7) is 4.19. The molecule has 5 heteroatoms. The molecule has 0 bridgehead atoms. The van der Waals surface area contributed by atoms with Crippen LogP contribution in [0.5, 0.6) is 0 Å². The van der Waals surface area contributed by atoms with Gasteiger partial charge in [0.15, 0.2) is 0 Å². The number of aliphatic carboxylic acids is 1. The molecule has 0 radical (unpaired) electrons. The van der Waals surface area contributed by atoms with Crippen LogP contribution in [-0.4, -0.2) is 29.1 Å². The van der Waals surface area contributed by atoms with Gasteiger partial charge in [0.05, 0.1) is 5.41 Å². The Balaban J connectivity index is 2.00. The molecule has 16 heavy (non-hydrogen) atoms. The molecular formula is C11H14BrNO2S. The molecule has 1 aliphatic heterocycles. The van der Waals surface area contributed by atoms with E-state index >= 15 is 0 Å². The molecule has 1 aliphatic rings. The van der Waals surface area contributed by atoms with E-state index in [1.807, 2.05) is 18.4 Å². The van der Waals surface area contributed by atoms with E-state index in [2.05, 4.69) is 20.8 Å². The number of carbonyl (C=O) groups is 1. The highest BCUT2D eigenvalue weighted by atomic mass is 79.9. The summed E-state index contributed by atoms with van der Waals surface area (Å²) in [6.07, 6.45) is 0.741. The van der Waals surface area contributed by atoms with Crippen molar-refractivity contribution < 1.29 is 9.90 Å². The molecular weight excluding hydrogens is 290 g/mol. The Morgan fingerprint density at radius 1 is 1.75 bits per heavy atom. The summed E-state index contributed by atoms with van der Waals surface area (Å²) in [7, 11) is 0. The quantitative estimate of drug-likeness (QED) is 0.933. The number of carboxylic acid groups (broad SMARTS) is 1. The largest absolute Gasteiger partial charge is 0.481 e. The molecule has 1 N–H and O–H groups in total. The summed E-state index contributed by atoms with van der Waals surface area (Å²) in [4.78, 5) is 14.6. The fourth-order valence-electron chi connectivity index (χ4n) is 2.01. The molecule has 1 saturated heterocycles. The summed E-state index contributed by atoms with van der Waals surface area (Å²) >= 11 is 5.21. The summed E-state index contributed by atoms with van der Waals surface area (Å²) in [5, 5.41) is 11.2. The van der Waals surface area contributed by atoms with Gasteiger partial charge in [-0.25, -0.2) is 0 Å². The number of halogens is 1. The van der Waals surface area contributed by atoms with Crippen molar-refractivity contribution >= 4 is 33.2 Å². The van der Waals surface area contributed by atoms with Gasteiger partial charge in [0.2, 0.25) is 0 Å². The van der Waals surface area contributed by atoms with Crippen LogP contribution in [0, 0.1) is 5.41 Å². The standard InChI is InChI=1S/C11H14BrNO2S/c1-11(10(14)15)3-4-13(7-11)6-9-8(12)2-5-16-9/h2,5H,3-4,6-7H2,1H3,(H,14,15). The molecule has 0 spiro atoms. The third-order valence-corrected chi connectivity index (χ3v) is 5.04. The normalized spacial score (nSPS) is 26.1. The van der Waals surface area contributed by atoms with Gasteiger partial charge in [-0.05, 0) is 47.3 Å². The van der Waals surface area contributed by atoms with E-state index in [0.717, 1.165) is 24.0 Å². The fourth-order valence-corrected chi connectivity index (χ4v) is 3.53. The Morgan fingerprint density at radius 3 is 3.00 bits per heavy atom. The lowest BCUT2D eigenvalue weighted by atomic mass is 9.90. The molecule has 2 heterocycles. The SMILES string of the molecule is CC1(C(=O)O)CCN(Cc2sccc2Br)C1. The Bertz CT molecular complexity index is 406. The minimum Gasteiger partial charge on any atom is -0.481 e. The van der Waals surface area contributed by atoms with Crippen molar-refractivity contribution in [3.8, 4) is 0 Å². The topological polar surface area (TPSA) is 40.5 Å². The lowest BCUT2D eigenvalue weighted by Gasteiger charge is -2.19. The predicted molar refractivity (Wildman–Crippen MR) is 67.7 cm³/mol. The van der Waals surface area contributed by atoms with Crippen molar-refractivity contribution in [1.82, 2.24) is 4.90 Å². The lowest BCUT2D eigenvalue weighted by molar-refractivity contribution is -0.147. The molecule has 1 unspecified atom stereocenters. The zero-order chi connectivity index (χ0) is 11.8. The van der Waals surface area contributed by atoms with E-state index in [1.165, 1.54) is 4.88 Å². The number of carboxylic acids is 1. The third-order valence-electron chi connectivity index (χ3n) is 3.13. The monoisotopic (exact) mass is 303 g/mol. The molecule has 2 rings (SSSR count). The second-order valence-corrected chi connectivity index (χ2v) is 6.37. The molecule has 0 aliphatic carbocycles. The van der Waals surface area contributed by atoms with Crippen molar-refractivity contribution in [1.29, 1.82) is 0 Å². The average Bonchev–Trinajstić information content (AvgIpc) is 2.77. The second-order valence-electron chi connectivity index (χ2n) is 4.52. The van der Waals surface area contributed by atoms with Gasteiger partial charge in [-0.3, -0.25) is 9.69 Å². The highest BCUT2D eigenvalue weighted by molar-refractivity contribution is 9.10. The van der Waals surface area contributed by atoms with Crippen LogP contribution < -0.4 is 0 Å². The Labute approximate surface area is 107 Å². The van der Waals surface area contributed by atoms with Gasteiger partial charge >= 0.3 is 5.97 Å². The number of thiophene rings is 1. The van der Waals surface area contributed by atoms with Crippen LogP contribution in [-0.2, 0) is 11.3 Å². The van der Waals surface area contributed by atoms with Crippen molar-refractivity contribution in [2.24, 2.45) is 5.41 Å². The van der Waals surface area contributed by atoms with E-state index in [4.69, 9.17) is 5.11 Å². The number of hydrogen-bond donors (Lipinski definition) is 1. The van der Waals surface area contributed by atoms with E-state index in [1.54, 1.807) is 11.3 Å². The van der Waals surface area contributed by atoms with Crippen molar-refractivity contribution in [2.45, 2.75) is 19.9 Å². The minimum absolute atomic E-state index is 0.566. The first-order chi connectivity index (χ1) is 7.51. The van der Waals surface area contributed by atoms with Crippen LogP contribution in [0.1, 0.15) is 18.2 Å². The zero-order valence-corrected chi connectivity index (χ0v) is 11.5. The minimum atomic E-state index is -0.680. The molecule has 1 fully saturated rings. The van der Waals surface area contributed by atoms with Gasteiger partial charge in [0, 0.05) is 22.4 Å². The van der Waals surface area contributed by atoms with Gasteiger partial charge in [0.25, 0.3) is 0 Å². The van der Waals surface area contributed by atoms with Crippen molar-refractivity contribution in [3.05, 3.63) is 20.8 Å². The summed E-state index contributed by atoms with van der Waals surface area (Å²) in [6, 6.07) is 2.03. The highest BCUT2D eigenvalue weighted by Gasteiger charge is 2.40. The smallest absolute Gasteiger partial charge is 0.310 e. The molecule has 1 aromatic heterocycles. The zero-order valence-electron chi connectivity index (χ0n) is 9.07. The molecule has 0 amide bonds. The molecule has 0 aromatic carbocycles. The van der Waals surface area contributed by atoms with Gasteiger partial charge in [-0.15, -0.1) is 11.3 Å². The number of hydrogen-bond acceptors (Lipinski definition) is 3. The molecule has 1 atom stereocenters. The first-order valence-electron chi connectivity index (χ1n) is 5.19. The van der Waals surface area contributed by atoms with Gasteiger partial charge in [-0.1, -0.05) is 0 Å². The van der Waals surface area contributed by atoms with Crippen LogP contribution >= 0.6 is 27.3 Å². The van der Waals surface area contributed by atoms with Gasteiger partial charge in [0.1, 0.15) is 0 Å². The van der Waals surface area contributed by atoms with Crippen molar-refractivity contribution in [3.63, 3.8) is 0 Å². The average molecular weight is 304 g/mol. The maximum Gasteiger partial charge on any atom is 0.310 e. The fraction of sp³-hybridized carbons (Fsp3) is 0.545. The van der Waals surface area contributed by atoms with E-state index < -0.39 is 11.4 Å². The maximum atomic E-state index is 11.1. The first kappa shape index (κ1) is 12.1. The molecule has 88 valence electrons. The highest BCUT2D eigenvalue weighted by Crippen LogP contribution is 2.33. The van der Waals surface area contributed by atoms with Crippen LogP contribution in [0.3, 0.4) is 0 Å². The predicted octanol–water partition coefficient (Wildman–Crippen LogP) is 2.81. The molecule has 0 saturated carbocycles. The van der Waals surface area contributed by atoms with Gasteiger partial charge in [-0.2, -0.15) is 0 Å². The maximum absolute atomic E-state index is 11.1. The van der Waals surface area contributed by atoms with E-state index in [-0.39, 0.29) is 0 Å². The number of rotatable bonds is 3. The van der Waals surface area contributed by atoms with Gasteiger partial charge < -0.3 is 5.11 Å².